The van der Waals surface area contributed by atoms with E-state index in [0.717, 1.165) is 5.92 Å². The number of rotatable bonds is 20. The van der Waals surface area contributed by atoms with E-state index in [2.05, 4.69) is 34.6 Å². The SMILES string of the molecule is CCCCCCCCCCCC(CCCC)C(C)(CCC)CCCCC. The van der Waals surface area contributed by atoms with Gasteiger partial charge in [0.2, 0.25) is 0 Å². The van der Waals surface area contributed by atoms with Crippen molar-refractivity contribution in [2.24, 2.45) is 11.3 Å². The third-order valence-electron chi connectivity index (χ3n) is 6.72. The van der Waals surface area contributed by atoms with E-state index in [1.54, 1.807) is 0 Å². The molecule has 0 rings (SSSR count). The number of hydrogen-bond acceptors (Lipinski definition) is 0. The van der Waals surface area contributed by atoms with Crippen molar-refractivity contribution in [2.75, 3.05) is 0 Å². The average Bonchev–Trinajstić information content (AvgIpc) is 2.63. The molecular weight excluding hydrogens is 312 g/mol. The van der Waals surface area contributed by atoms with Crippen molar-refractivity contribution in [3.05, 3.63) is 0 Å². The van der Waals surface area contributed by atoms with Gasteiger partial charge in [-0.2, -0.15) is 0 Å². The summed E-state index contributed by atoms with van der Waals surface area (Å²) >= 11 is 0. The standard InChI is InChI=1S/C26H54/c1-6-10-13-14-15-16-17-18-19-22-25(21-12-8-3)26(5,23-9-4)24-20-11-7-2/h25H,6-24H2,1-5H3. The first kappa shape index (κ1) is 26.0. The molecule has 0 aliphatic carbocycles. The number of unbranched alkanes of at least 4 members (excludes halogenated alkanes) is 11. The Morgan fingerprint density at radius 2 is 0.923 bits per heavy atom. The molecular formula is C26H54. The topological polar surface area (TPSA) is 0 Å². The Morgan fingerprint density at radius 1 is 0.462 bits per heavy atom. The van der Waals surface area contributed by atoms with Crippen molar-refractivity contribution >= 4 is 0 Å². The van der Waals surface area contributed by atoms with Crippen molar-refractivity contribution < 1.29 is 0 Å². The van der Waals surface area contributed by atoms with Gasteiger partial charge >= 0.3 is 0 Å². The summed E-state index contributed by atoms with van der Waals surface area (Å²) in [5.74, 6) is 0.976. The molecule has 2 unspecified atom stereocenters. The second-order valence-electron chi connectivity index (χ2n) is 9.32. The van der Waals surface area contributed by atoms with Crippen molar-refractivity contribution in [2.45, 2.75) is 157 Å². The molecule has 26 heavy (non-hydrogen) atoms. The zero-order chi connectivity index (χ0) is 19.5. The van der Waals surface area contributed by atoms with Crippen molar-refractivity contribution in [3.8, 4) is 0 Å². The maximum atomic E-state index is 2.64. The molecule has 0 amide bonds. The summed E-state index contributed by atoms with van der Waals surface area (Å²) < 4.78 is 0. The smallest absolute Gasteiger partial charge is 0.0298 e. The highest BCUT2D eigenvalue weighted by Gasteiger charge is 2.31. The van der Waals surface area contributed by atoms with Gasteiger partial charge in [0.15, 0.2) is 0 Å². The van der Waals surface area contributed by atoms with E-state index in [-0.39, 0.29) is 0 Å². The second kappa shape index (κ2) is 18.4. The molecule has 0 saturated carbocycles. The summed E-state index contributed by atoms with van der Waals surface area (Å²) in [5, 5.41) is 0. The lowest BCUT2D eigenvalue weighted by Gasteiger charge is -2.39. The van der Waals surface area contributed by atoms with E-state index in [1.165, 1.54) is 122 Å². The second-order valence-corrected chi connectivity index (χ2v) is 9.32. The van der Waals surface area contributed by atoms with Gasteiger partial charge in [0, 0.05) is 0 Å². The quantitative estimate of drug-likeness (QED) is 0.188. The highest BCUT2D eigenvalue weighted by Crippen LogP contribution is 2.43. The minimum Gasteiger partial charge on any atom is -0.0654 e. The third-order valence-corrected chi connectivity index (χ3v) is 6.72. The first-order valence-corrected chi connectivity index (χ1v) is 12.6. The summed E-state index contributed by atoms with van der Waals surface area (Å²) in [6.45, 7) is 12.1. The van der Waals surface area contributed by atoms with Crippen LogP contribution in [0.3, 0.4) is 0 Å². The molecule has 0 nitrogen and oxygen atoms in total. The Kier molecular flexibility index (Phi) is 18.4. The maximum Gasteiger partial charge on any atom is -0.0298 e. The van der Waals surface area contributed by atoms with Crippen LogP contribution in [0.25, 0.3) is 0 Å². The molecule has 0 aromatic carbocycles. The van der Waals surface area contributed by atoms with Crippen LogP contribution in [-0.2, 0) is 0 Å². The van der Waals surface area contributed by atoms with E-state index in [4.69, 9.17) is 0 Å². The Labute approximate surface area is 168 Å². The Hall–Kier alpha value is 0. The van der Waals surface area contributed by atoms with E-state index in [0.29, 0.717) is 5.41 Å². The minimum absolute atomic E-state index is 0.610. The predicted molar refractivity (Wildman–Crippen MR) is 122 cm³/mol. The van der Waals surface area contributed by atoms with Gasteiger partial charge in [0.25, 0.3) is 0 Å². The Bertz CT molecular complexity index is 269. The van der Waals surface area contributed by atoms with Crippen LogP contribution < -0.4 is 0 Å². The van der Waals surface area contributed by atoms with Gasteiger partial charge in [-0.15, -0.1) is 0 Å². The minimum atomic E-state index is 0.610. The van der Waals surface area contributed by atoms with Gasteiger partial charge in [-0.1, -0.05) is 131 Å². The van der Waals surface area contributed by atoms with Crippen LogP contribution in [0.15, 0.2) is 0 Å². The van der Waals surface area contributed by atoms with Gasteiger partial charge in [0.05, 0.1) is 0 Å². The van der Waals surface area contributed by atoms with Crippen molar-refractivity contribution in [1.29, 1.82) is 0 Å². The third kappa shape index (κ3) is 13.2. The van der Waals surface area contributed by atoms with Crippen LogP contribution in [0.4, 0.5) is 0 Å². The summed E-state index contributed by atoms with van der Waals surface area (Å²) in [7, 11) is 0. The van der Waals surface area contributed by atoms with Crippen LogP contribution in [-0.4, -0.2) is 0 Å². The van der Waals surface area contributed by atoms with Crippen LogP contribution in [0.2, 0.25) is 0 Å². The fourth-order valence-corrected chi connectivity index (χ4v) is 4.88. The van der Waals surface area contributed by atoms with Gasteiger partial charge in [-0.3, -0.25) is 0 Å². The van der Waals surface area contributed by atoms with Crippen molar-refractivity contribution in [1.82, 2.24) is 0 Å². The maximum absolute atomic E-state index is 2.64. The van der Waals surface area contributed by atoms with Crippen LogP contribution in [0.1, 0.15) is 157 Å². The molecule has 0 fully saturated rings. The molecule has 0 N–H and O–H groups in total. The molecule has 0 saturated heterocycles. The molecule has 0 aromatic heterocycles. The fraction of sp³-hybridized carbons (Fsp3) is 1.00. The molecule has 0 heterocycles. The highest BCUT2D eigenvalue weighted by molar-refractivity contribution is 4.82. The molecule has 2 atom stereocenters. The highest BCUT2D eigenvalue weighted by atomic mass is 14.4. The summed E-state index contributed by atoms with van der Waals surface area (Å²) in [5.41, 5.74) is 0.610. The molecule has 0 aliphatic heterocycles. The molecule has 0 bridgehead atoms. The summed E-state index contributed by atoms with van der Waals surface area (Å²) in [4.78, 5) is 0. The molecule has 0 aliphatic rings. The van der Waals surface area contributed by atoms with E-state index in [1.807, 2.05) is 0 Å². The lowest BCUT2D eigenvalue weighted by molar-refractivity contribution is 0.122. The molecule has 0 radical (unpaired) electrons. The van der Waals surface area contributed by atoms with Gasteiger partial charge < -0.3 is 0 Å². The van der Waals surface area contributed by atoms with Gasteiger partial charge in [-0.05, 0) is 37.0 Å². The average molecular weight is 367 g/mol. The van der Waals surface area contributed by atoms with E-state index < -0.39 is 0 Å². The Morgan fingerprint density at radius 3 is 1.46 bits per heavy atom. The summed E-state index contributed by atoms with van der Waals surface area (Å²) in [6, 6.07) is 0. The van der Waals surface area contributed by atoms with Gasteiger partial charge in [0.1, 0.15) is 0 Å². The Balaban J connectivity index is 4.25. The zero-order valence-electron chi connectivity index (χ0n) is 19.5. The van der Waals surface area contributed by atoms with Crippen LogP contribution >= 0.6 is 0 Å². The van der Waals surface area contributed by atoms with E-state index >= 15 is 0 Å². The largest absolute Gasteiger partial charge is 0.0654 e. The fourth-order valence-electron chi connectivity index (χ4n) is 4.88. The predicted octanol–water partition coefficient (Wildman–Crippen LogP) is 10.1. The molecule has 158 valence electrons. The van der Waals surface area contributed by atoms with Crippen molar-refractivity contribution in [3.63, 3.8) is 0 Å². The molecule has 0 aromatic rings. The first-order valence-electron chi connectivity index (χ1n) is 12.6. The summed E-state index contributed by atoms with van der Waals surface area (Å²) in [6.07, 6.45) is 27.4. The lowest BCUT2D eigenvalue weighted by atomic mass is 9.67. The van der Waals surface area contributed by atoms with E-state index in [9.17, 15) is 0 Å². The van der Waals surface area contributed by atoms with Crippen LogP contribution in [0.5, 0.6) is 0 Å². The van der Waals surface area contributed by atoms with Crippen LogP contribution in [0, 0.1) is 11.3 Å². The van der Waals surface area contributed by atoms with Gasteiger partial charge in [-0.25, -0.2) is 0 Å². The molecule has 0 spiro atoms. The number of hydrogen-bond donors (Lipinski definition) is 0. The lowest BCUT2D eigenvalue weighted by Crippen LogP contribution is -2.28. The first-order chi connectivity index (χ1) is 12.6. The molecule has 0 heteroatoms. The normalized spacial score (nSPS) is 15.1. The zero-order valence-corrected chi connectivity index (χ0v) is 19.5. The monoisotopic (exact) mass is 366 g/mol.